The van der Waals surface area contributed by atoms with Gasteiger partial charge in [0.15, 0.2) is 10.9 Å². The number of benzene rings is 1. The standard InChI is InChI=1S/C30H41N3OS/c1-2-3-4-5-6-7-8-9-10-11-12-16-21-25(28(34)26-22-17-18-23-32-26)29-27(33-30(31)35-29)24-19-14-13-15-20-24/h13-15,17-20,22-23,25H,2-12,16,21H2,1H3,(H2,31,33). The molecular weight excluding hydrogens is 450 g/mol. The number of nitrogens with two attached hydrogens (primary N) is 1. The second kappa shape index (κ2) is 15.5. The Morgan fingerprint density at radius 3 is 2.03 bits per heavy atom. The van der Waals surface area contributed by atoms with Gasteiger partial charge in [0.2, 0.25) is 0 Å². The van der Waals surface area contributed by atoms with Crippen LogP contribution in [0.4, 0.5) is 5.13 Å². The molecule has 2 N–H and O–H groups in total. The normalized spacial score (nSPS) is 12.0. The molecule has 3 rings (SSSR count). The maximum Gasteiger partial charge on any atom is 0.189 e. The molecule has 3 aromatic rings. The maximum absolute atomic E-state index is 13.5. The first-order chi connectivity index (χ1) is 17.2. The van der Waals surface area contributed by atoms with Crippen molar-refractivity contribution in [2.75, 3.05) is 5.73 Å². The van der Waals surface area contributed by atoms with Gasteiger partial charge in [-0.2, -0.15) is 0 Å². The van der Waals surface area contributed by atoms with Gasteiger partial charge >= 0.3 is 0 Å². The van der Waals surface area contributed by atoms with Crippen molar-refractivity contribution < 1.29 is 4.79 Å². The summed E-state index contributed by atoms with van der Waals surface area (Å²) in [6.07, 6.45) is 18.1. The molecule has 2 aromatic heterocycles. The molecule has 0 aliphatic carbocycles. The number of nitrogens with zero attached hydrogens (tertiary/aromatic N) is 2. The highest BCUT2D eigenvalue weighted by Gasteiger charge is 2.28. The van der Waals surface area contributed by atoms with Crippen LogP contribution in [0.1, 0.15) is 112 Å². The van der Waals surface area contributed by atoms with E-state index in [9.17, 15) is 4.79 Å². The molecule has 2 heterocycles. The van der Waals surface area contributed by atoms with Crippen molar-refractivity contribution in [2.45, 2.75) is 96.3 Å². The summed E-state index contributed by atoms with van der Waals surface area (Å²) in [5.41, 5.74) is 8.50. The lowest BCUT2D eigenvalue weighted by molar-refractivity contribution is 0.0950. The Bertz CT molecular complexity index is 987. The Morgan fingerprint density at radius 2 is 1.43 bits per heavy atom. The van der Waals surface area contributed by atoms with E-state index in [4.69, 9.17) is 5.73 Å². The third kappa shape index (κ3) is 8.88. The summed E-state index contributed by atoms with van der Waals surface area (Å²) in [4.78, 5) is 23.5. The van der Waals surface area contributed by atoms with Crippen molar-refractivity contribution in [3.63, 3.8) is 0 Å². The molecule has 1 atom stereocenters. The van der Waals surface area contributed by atoms with E-state index in [0.717, 1.165) is 35.4 Å². The minimum Gasteiger partial charge on any atom is -0.375 e. The Balaban J connectivity index is 1.55. The van der Waals surface area contributed by atoms with Gasteiger partial charge in [0.1, 0.15) is 5.69 Å². The summed E-state index contributed by atoms with van der Waals surface area (Å²) in [5.74, 6) is -0.201. The monoisotopic (exact) mass is 491 g/mol. The second-order valence-corrected chi connectivity index (χ2v) is 10.5. The average molecular weight is 492 g/mol. The van der Waals surface area contributed by atoms with Crippen molar-refractivity contribution in [3.8, 4) is 11.3 Å². The molecule has 0 radical (unpaired) electrons. The van der Waals surface area contributed by atoms with Crippen molar-refractivity contribution in [2.24, 2.45) is 0 Å². The molecule has 5 heteroatoms. The number of nitrogen functional groups attached to an aromatic ring is 1. The van der Waals surface area contributed by atoms with E-state index in [1.165, 1.54) is 75.5 Å². The first-order valence-corrected chi connectivity index (χ1v) is 14.3. The minimum absolute atomic E-state index is 0.0644. The van der Waals surface area contributed by atoms with Crippen molar-refractivity contribution in [1.29, 1.82) is 0 Å². The third-order valence-electron chi connectivity index (χ3n) is 6.61. The fourth-order valence-corrected chi connectivity index (χ4v) is 5.64. The first kappa shape index (κ1) is 27.1. The van der Waals surface area contributed by atoms with Crippen LogP contribution in [0.15, 0.2) is 54.7 Å². The summed E-state index contributed by atoms with van der Waals surface area (Å²) in [6.45, 7) is 2.27. The number of carbonyl (C=O) groups is 1. The molecule has 0 aliphatic heterocycles. The van der Waals surface area contributed by atoms with Gasteiger partial charge in [-0.15, -0.1) is 11.3 Å². The zero-order valence-electron chi connectivity index (χ0n) is 21.3. The molecule has 0 saturated carbocycles. The summed E-state index contributed by atoms with van der Waals surface area (Å²) >= 11 is 1.44. The number of pyridine rings is 1. The van der Waals surface area contributed by atoms with E-state index in [1.807, 2.05) is 48.5 Å². The minimum atomic E-state index is -0.266. The lowest BCUT2D eigenvalue weighted by Gasteiger charge is -2.16. The van der Waals surface area contributed by atoms with Crippen LogP contribution in [-0.4, -0.2) is 15.8 Å². The zero-order chi connectivity index (χ0) is 24.7. The van der Waals surface area contributed by atoms with Crippen LogP contribution < -0.4 is 5.73 Å². The highest BCUT2D eigenvalue weighted by Crippen LogP contribution is 2.39. The van der Waals surface area contributed by atoms with Gasteiger partial charge < -0.3 is 5.73 Å². The topological polar surface area (TPSA) is 68.9 Å². The van der Waals surface area contributed by atoms with Crippen LogP contribution >= 0.6 is 11.3 Å². The quantitative estimate of drug-likeness (QED) is 0.151. The number of thiazole rings is 1. The first-order valence-electron chi connectivity index (χ1n) is 13.5. The Morgan fingerprint density at radius 1 is 0.829 bits per heavy atom. The van der Waals surface area contributed by atoms with E-state index in [1.54, 1.807) is 6.20 Å². The van der Waals surface area contributed by atoms with Crippen LogP contribution in [0.3, 0.4) is 0 Å². The van der Waals surface area contributed by atoms with Crippen molar-refractivity contribution in [1.82, 2.24) is 9.97 Å². The lowest BCUT2D eigenvalue weighted by Crippen LogP contribution is -2.14. The summed E-state index contributed by atoms with van der Waals surface area (Å²) < 4.78 is 0. The van der Waals surface area contributed by atoms with E-state index >= 15 is 0 Å². The molecular formula is C30H41N3OS. The van der Waals surface area contributed by atoms with Gasteiger partial charge in [-0.3, -0.25) is 9.78 Å². The predicted molar refractivity (Wildman–Crippen MR) is 149 cm³/mol. The van der Waals surface area contributed by atoms with Gasteiger partial charge in [0.25, 0.3) is 0 Å². The molecule has 0 saturated heterocycles. The molecule has 4 nitrogen and oxygen atoms in total. The van der Waals surface area contributed by atoms with E-state index in [0.29, 0.717) is 10.8 Å². The zero-order valence-corrected chi connectivity index (χ0v) is 22.1. The Kier molecular flexibility index (Phi) is 12.0. The molecule has 0 aliphatic rings. The molecule has 35 heavy (non-hydrogen) atoms. The van der Waals surface area contributed by atoms with Crippen molar-refractivity contribution >= 4 is 22.3 Å². The largest absolute Gasteiger partial charge is 0.375 e. The van der Waals surface area contributed by atoms with E-state index in [-0.39, 0.29) is 11.7 Å². The Labute approximate surface area is 215 Å². The summed E-state index contributed by atoms with van der Waals surface area (Å²) in [6, 6.07) is 15.6. The highest BCUT2D eigenvalue weighted by molar-refractivity contribution is 7.16. The van der Waals surface area contributed by atoms with Crippen LogP contribution in [0.2, 0.25) is 0 Å². The maximum atomic E-state index is 13.5. The number of Topliss-reactive ketones (excluding diaryl/α,β-unsaturated/α-hetero) is 1. The van der Waals surface area contributed by atoms with Gasteiger partial charge in [0.05, 0.1) is 11.6 Å². The average Bonchev–Trinajstić information content (AvgIpc) is 3.28. The van der Waals surface area contributed by atoms with E-state index in [2.05, 4.69) is 16.9 Å². The molecule has 188 valence electrons. The molecule has 0 spiro atoms. The van der Waals surface area contributed by atoms with Crippen molar-refractivity contribution in [3.05, 3.63) is 65.3 Å². The van der Waals surface area contributed by atoms with Crippen LogP contribution in [-0.2, 0) is 0 Å². The SMILES string of the molecule is CCCCCCCCCCCCCCC(C(=O)c1ccccn1)c1sc(N)nc1-c1ccccc1. The number of ketones is 1. The lowest BCUT2D eigenvalue weighted by atomic mass is 9.90. The predicted octanol–water partition coefficient (Wildman–Crippen LogP) is 8.85. The van der Waals surface area contributed by atoms with Crippen LogP contribution in [0, 0.1) is 0 Å². The van der Waals surface area contributed by atoms with Gasteiger partial charge in [-0.1, -0.05) is 120 Å². The number of anilines is 1. The summed E-state index contributed by atoms with van der Waals surface area (Å²) in [7, 11) is 0. The third-order valence-corrected chi connectivity index (χ3v) is 7.61. The fraction of sp³-hybridized carbons (Fsp3) is 0.500. The number of hydrogen-bond acceptors (Lipinski definition) is 5. The number of carbonyl (C=O) groups excluding carboxylic acids is 1. The number of unbranched alkanes of at least 4 members (excludes halogenated alkanes) is 11. The molecule has 0 amide bonds. The van der Waals surface area contributed by atoms with Crippen LogP contribution in [0.5, 0.6) is 0 Å². The number of rotatable bonds is 17. The molecule has 1 unspecified atom stereocenters. The fourth-order valence-electron chi connectivity index (χ4n) is 4.65. The highest BCUT2D eigenvalue weighted by atomic mass is 32.1. The van der Waals surface area contributed by atoms with Crippen LogP contribution in [0.25, 0.3) is 11.3 Å². The summed E-state index contributed by atoms with van der Waals surface area (Å²) in [5, 5.41) is 0.507. The Hall–Kier alpha value is -2.53. The second-order valence-electron chi connectivity index (χ2n) is 9.44. The smallest absolute Gasteiger partial charge is 0.189 e. The van der Waals surface area contributed by atoms with Gasteiger partial charge in [-0.05, 0) is 18.6 Å². The molecule has 0 fully saturated rings. The van der Waals surface area contributed by atoms with E-state index < -0.39 is 0 Å². The number of hydrogen-bond donors (Lipinski definition) is 1. The van der Waals surface area contributed by atoms with Gasteiger partial charge in [0, 0.05) is 16.6 Å². The number of aromatic nitrogens is 2. The molecule has 1 aromatic carbocycles. The molecule has 0 bridgehead atoms. The van der Waals surface area contributed by atoms with Gasteiger partial charge in [-0.25, -0.2) is 4.98 Å².